The topological polar surface area (TPSA) is 36.4 Å². The molecule has 0 aromatic rings. The number of rotatable bonds is 5. The van der Waals surface area contributed by atoms with Crippen LogP contribution < -0.4 is 10.6 Å². The summed E-state index contributed by atoms with van der Waals surface area (Å²) >= 11 is 0. The average Bonchev–Trinajstić information content (AvgIpc) is 2.18. The van der Waals surface area contributed by atoms with Gasteiger partial charge in [-0.15, -0.1) is 0 Å². The van der Waals surface area contributed by atoms with E-state index in [0.29, 0.717) is 12.5 Å². The number of hydrogen-bond donors (Lipinski definition) is 2. The highest BCUT2D eigenvalue weighted by atomic mass is 19.4. The summed E-state index contributed by atoms with van der Waals surface area (Å²) in [5.41, 5.74) is 0.273. The number of nitrogens with one attached hydrogen (secondary N) is 2. The van der Waals surface area contributed by atoms with E-state index in [2.05, 4.69) is 36.4 Å². The van der Waals surface area contributed by atoms with Crippen LogP contribution in [0.5, 0.6) is 0 Å². The van der Waals surface area contributed by atoms with E-state index in [1.807, 2.05) is 0 Å². The first kappa shape index (κ1) is 17.1. The number of hydrogen-bond acceptors (Lipinski definition) is 1. The molecule has 0 spiro atoms. The minimum atomic E-state index is -4.13. The summed E-state index contributed by atoms with van der Waals surface area (Å²) in [5, 5.41) is 5.64. The molecule has 0 radical (unpaired) electrons. The van der Waals surface area contributed by atoms with Crippen LogP contribution in [0.15, 0.2) is 4.99 Å². The maximum Gasteiger partial charge on any atom is 0.390 e. The number of alkyl halides is 3. The van der Waals surface area contributed by atoms with Crippen LogP contribution in [0.3, 0.4) is 0 Å². The molecule has 0 saturated heterocycles. The van der Waals surface area contributed by atoms with Crippen molar-refractivity contribution in [3.8, 4) is 0 Å². The van der Waals surface area contributed by atoms with Crippen molar-refractivity contribution in [2.45, 2.75) is 46.2 Å². The Morgan fingerprint density at radius 3 is 2.00 bits per heavy atom. The van der Waals surface area contributed by atoms with Crippen molar-refractivity contribution >= 4 is 5.96 Å². The van der Waals surface area contributed by atoms with E-state index in [0.717, 1.165) is 12.8 Å². The van der Waals surface area contributed by atoms with Crippen molar-refractivity contribution in [2.24, 2.45) is 10.4 Å². The minimum absolute atomic E-state index is 0.150. The summed E-state index contributed by atoms with van der Waals surface area (Å²) in [6.07, 6.45) is -2.96. The molecule has 0 aliphatic carbocycles. The monoisotopic (exact) mass is 267 g/mol. The molecule has 0 fully saturated rings. The Hall–Kier alpha value is -0.940. The lowest BCUT2D eigenvalue weighted by atomic mass is 9.91. The molecule has 0 atom stereocenters. The predicted molar refractivity (Wildman–Crippen MR) is 68.7 cm³/mol. The molecule has 18 heavy (non-hydrogen) atoms. The second-order valence-electron chi connectivity index (χ2n) is 5.46. The van der Waals surface area contributed by atoms with E-state index < -0.39 is 12.6 Å². The summed E-state index contributed by atoms with van der Waals surface area (Å²) < 4.78 is 35.8. The molecule has 108 valence electrons. The first-order chi connectivity index (χ1) is 8.14. The third-order valence-corrected chi connectivity index (χ3v) is 2.32. The van der Waals surface area contributed by atoms with Gasteiger partial charge >= 0.3 is 6.18 Å². The van der Waals surface area contributed by atoms with Crippen LogP contribution in [0, 0.1) is 5.41 Å². The fraction of sp³-hybridized carbons (Fsp3) is 0.917. The lowest BCUT2D eigenvalue weighted by Gasteiger charge is -2.18. The molecule has 6 heteroatoms. The van der Waals surface area contributed by atoms with Crippen LogP contribution in [0.1, 0.15) is 40.0 Å². The van der Waals surface area contributed by atoms with Gasteiger partial charge in [-0.1, -0.05) is 20.8 Å². The van der Waals surface area contributed by atoms with Crippen molar-refractivity contribution in [3.63, 3.8) is 0 Å². The molecule has 0 aliphatic heterocycles. The van der Waals surface area contributed by atoms with Gasteiger partial charge in [0, 0.05) is 20.1 Å². The van der Waals surface area contributed by atoms with E-state index in [1.54, 1.807) is 7.05 Å². The SMILES string of the molecule is CN=C(NCCCC(C)(C)C)NCCC(F)(F)F. The summed E-state index contributed by atoms with van der Waals surface area (Å²) in [6, 6.07) is 0. The summed E-state index contributed by atoms with van der Waals surface area (Å²) in [7, 11) is 1.55. The van der Waals surface area contributed by atoms with Crippen LogP contribution in [-0.2, 0) is 0 Å². The fourth-order valence-electron chi connectivity index (χ4n) is 1.37. The Kier molecular flexibility index (Phi) is 7.09. The Morgan fingerprint density at radius 2 is 1.56 bits per heavy atom. The fourth-order valence-corrected chi connectivity index (χ4v) is 1.37. The first-order valence-corrected chi connectivity index (χ1v) is 6.15. The highest BCUT2D eigenvalue weighted by Crippen LogP contribution is 2.19. The van der Waals surface area contributed by atoms with Gasteiger partial charge in [-0.3, -0.25) is 4.99 Å². The van der Waals surface area contributed by atoms with E-state index in [4.69, 9.17) is 0 Å². The molecule has 0 saturated carbocycles. The van der Waals surface area contributed by atoms with E-state index >= 15 is 0 Å². The first-order valence-electron chi connectivity index (χ1n) is 6.15. The average molecular weight is 267 g/mol. The van der Waals surface area contributed by atoms with Crippen LogP contribution >= 0.6 is 0 Å². The van der Waals surface area contributed by atoms with Gasteiger partial charge in [0.2, 0.25) is 0 Å². The normalized spacial score (nSPS) is 13.6. The standard InChI is InChI=1S/C12H24F3N3/c1-11(2,3)6-5-8-17-10(16-4)18-9-7-12(13,14)15/h5-9H2,1-4H3,(H2,16,17,18). The van der Waals surface area contributed by atoms with Crippen LogP contribution in [0.2, 0.25) is 0 Å². The summed E-state index contributed by atoms with van der Waals surface area (Å²) in [5.74, 6) is 0.424. The van der Waals surface area contributed by atoms with Crippen molar-refractivity contribution in [1.29, 1.82) is 0 Å². The van der Waals surface area contributed by atoms with Crippen LogP contribution in [-0.4, -0.2) is 32.3 Å². The molecular formula is C12H24F3N3. The molecule has 3 nitrogen and oxygen atoms in total. The third kappa shape index (κ3) is 11.5. The minimum Gasteiger partial charge on any atom is -0.356 e. The number of halogens is 3. The molecule has 0 heterocycles. The molecule has 0 aromatic heterocycles. The highest BCUT2D eigenvalue weighted by molar-refractivity contribution is 5.79. The van der Waals surface area contributed by atoms with Gasteiger partial charge in [0.05, 0.1) is 6.42 Å². The molecule has 0 aromatic carbocycles. The van der Waals surface area contributed by atoms with Gasteiger partial charge in [-0.25, -0.2) is 0 Å². The molecular weight excluding hydrogens is 243 g/mol. The summed E-state index contributed by atoms with van der Waals surface area (Å²) in [6.45, 7) is 7.03. The molecule has 0 rings (SSSR count). The zero-order valence-electron chi connectivity index (χ0n) is 11.6. The predicted octanol–water partition coefficient (Wildman–Crippen LogP) is 2.93. The third-order valence-electron chi connectivity index (χ3n) is 2.32. The van der Waals surface area contributed by atoms with Crippen LogP contribution in [0.25, 0.3) is 0 Å². The Balaban J connectivity index is 3.73. The molecule has 0 aliphatic rings. The Morgan fingerprint density at radius 1 is 1.00 bits per heavy atom. The van der Waals surface area contributed by atoms with Gasteiger partial charge < -0.3 is 10.6 Å². The zero-order chi connectivity index (χ0) is 14.2. The van der Waals surface area contributed by atoms with E-state index in [1.165, 1.54) is 0 Å². The number of nitrogens with zero attached hydrogens (tertiary/aromatic N) is 1. The Bertz CT molecular complexity index is 254. The van der Waals surface area contributed by atoms with Crippen molar-refractivity contribution in [2.75, 3.05) is 20.1 Å². The van der Waals surface area contributed by atoms with Gasteiger partial charge in [-0.05, 0) is 18.3 Å². The smallest absolute Gasteiger partial charge is 0.356 e. The lowest BCUT2D eigenvalue weighted by molar-refractivity contribution is -0.132. The van der Waals surface area contributed by atoms with Gasteiger partial charge in [0.15, 0.2) is 5.96 Å². The van der Waals surface area contributed by atoms with Crippen molar-refractivity contribution < 1.29 is 13.2 Å². The number of aliphatic imine (C=N–C) groups is 1. The molecule has 0 amide bonds. The molecule has 2 N–H and O–H groups in total. The largest absolute Gasteiger partial charge is 0.390 e. The van der Waals surface area contributed by atoms with E-state index in [-0.39, 0.29) is 12.0 Å². The van der Waals surface area contributed by atoms with Gasteiger partial charge in [0.25, 0.3) is 0 Å². The maximum absolute atomic E-state index is 11.9. The number of guanidine groups is 1. The Labute approximate surface area is 107 Å². The quantitative estimate of drug-likeness (QED) is 0.456. The molecule has 0 bridgehead atoms. The summed E-state index contributed by atoms with van der Waals surface area (Å²) in [4.78, 5) is 3.87. The van der Waals surface area contributed by atoms with Crippen molar-refractivity contribution in [3.05, 3.63) is 0 Å². The maximum atomic E-state index is 11.9. The molecule has 0 unspecified atom stereocenters. The van der Waals surface area contributed by atoms with Crippen molar-refractivity contribution in [1.82, 2.24) is 10.6 Å². The lowest BCUT2D eigenvalue weighted by Crippen LogP contribution is -2.39. The second kappa shape index (κ2) is 7.48. The van der Waals surface area contributed by atoms with E-state index in [9.17, 15) is 13.2 Å². The zero-order valence-corrected chi connectivity index (χ0v) is 11.6. The van der Waals surface area contributed by atoms with Gasteiger partial charge in [0.1, 0.15) is 0 Å². The van der Waals surface area contributed by atoms with Crippen LogP contribution in [0.4, 0.5) is 13.2 Å². The van der Waals surface area contributed by atoms with Gasteiger partial charge in [-0.2, -0.15) is 13.2 Å². The highest BCUT2D eigenvalue weighted by Gasteiger charge is 2.26. The second-order valence-corrected chi connectivity index (χ2v) is 5.46.